The lowest BCUT2D eigenvalue weighted by Crippen LogP contribution is -2.15. The molecule has 1 atom stereocenters. The van der Waals surface area contributed by atoms with E-state index in [2.05, 4.69) is 10.2 Å². The van der Waals surface area contributed by atoms with Crippen molar-refractivity contribution in [2.24, 2.45) is 0 Å². The van der Waals surface area contributed by atoms with Crippen molar-refractivity contribution in [1.29, 1.82) is 0 Å². The third kappa shape index (κ3) is 2.81. The van der Waals surface area contributed by atoms with E-state index in [1.54, 1.807) is 18.2 Å². The lowest BCUT2D eigenvalue weighted by atomic mass is 10.2. The van der Waals surface area contributed by atoms with E-state index in [-0.39, 0.29) is 11.2 Å². The molecule has 2 N–H and O–H groups in total. The fourth-order valence-electron chi connectivity index (χ4n) is 1.92. The van der Waals surface area contributed by atoms with Crippen LogP contribution in [-0.2, 0) is 9.53 Å². The number of hydrogen-bond donors (Lipinski definition) is 1. The summed E-state index contributed by atoms with van der Waals surface area (Å²) in [6, 6.07) is 5.00. The van der Waals surface area contributed by atoms with E-state index < -0.39 is 0 Å². The second-order valence-corrected chi connectivity index (χ2v) is 6.38. The summed E-state index contributed by atoms with van der Waals surface area (Å²) in [6.07, 6.45) is 0.629. The average molecular weight is 345 g/mol. The number of carbonyl (C=O) groups excluding carboxylic acids is 1. The number of benzene rings is 1. The first-order chi connectivity index (χ1) is 10.1. The monoisotopic (exact) mass is 344 g/mol. The smallest absolute Gasteiger partial charge is 0.319 e. The summed E-state index contributed by atoms with van der Waals surface area (Å²) in [4.78, 5) is 11.5. The third-order valence-electron chi connectivity index (χ3n) is 2.97. The van der Waals surface area contributed by atoms with Crippen molar-refractivity contribution >= 4 is 40.9 Å². The maximum Gasteiger partial charge on any atom is 0.319 e. The van der Waals surface area contributed by atoms with Gasteiger partial charge in [0, 0.05) is 17.0 Å². The molecule has 21 heavy (non-hydrogen) atoms. The summed E-state index contributed by atoms with van der Waals surface area (Å²) in [5, 5.41) is 9.13. The first-order valence-corrected chi connectivity index (χ1v) is 7.69. The minimum absolute atomic E-state index is 0.259. The van der Waals surface area contributed by atoms with Gasteiger partial charge >= 0.3 is 5.97 Å². The summed E-state index contributed by atoms with van der Waals surface area (Å²) < 4.78 is 6.21. The predicted octanol–water partition coefficient (Wildman–Crippen LogP) is 2.37. The van der Waals surface area contributed by atoms with Gasteiger partial charge in [-0.2, -0.15) is 0 Å². The molecule has 1 fully saturated rings. The second-order valence-electron chi connectivity index (χ2n) is 4.36. The van der Waals surface area contributed by atoms with Crippen LogP contribution in [-0.4, -0.2) is 32.7 Å². The first kappa shape index (κ1) is 14.5. The van der Waals surface area contributed by atoms with Gasteiger partial charge in [-0.05, 0) is 18.2 Å². The van der Waals surface area contributed by atoms with Gasteiger partial charge in [-0.3, -0.25) is 4.79 Å². The normalized spacial score (nSPS) is 18.0. The van der Waals surface area contributed by atoms with Crippen molar-refractivity contribution in [3.05, 3.63) is 28.2 Å². The summed E-state index contributed by atoms with van der Waals surface area (Å²) >= 11 is 13.3. The highest BCUT2D eigenvalue weighted by atomic mass is 35.5. The van der Waals surface area contributed by atoms with E-state index in [4.69, 9.17) is 33.8 Å². The van der Waals surface area contributed by atoms with E-state index >= 15 is 0 Å². The number of aromatic nitrogens is 3. The Hall–Kier alpha value is -1.44. The van der Waals surface area contributed by atoms with Crippen molar-refractivity contribution in [2.45, 2.75) is 16.8 Å². The number of rotatable bonds is 3. The number of cyclic esters (lactones) is 1. The van der Waals surface area contributed by atoms with Crippen LogP contribution in [0.5, 0.6) is 0 Å². The van der Waals surface area contributed by atoms with E-state index in [9.17, 15) is 4.79 Å². The Bertz CT molecular complexity index is 707. The Morgan fingerprint density at radius 3 is 2.90 bits per heavy atom. The SMILES string of the molecule is Nn1c(S[C@@H]2CCOC2=O)nnc1-c1cc(Cl)ccc1Cl. The summed E-state index contributed by atoms with van der Waals surface area (Å²) in [6.45, 7) is 0.419. The van der Waals surface area contributed by atoms with Gasteiger partial charge in [0.15, 0.2) is 5.82 Å². The highest BCUT2D eigenvalue weighted by Gasteiger charge is 2.30. The maximum atomic E-state index is 11.5. The largest absolute Gasteiger partial charge is 0.465 e. The highest BCUT2D eigenvalue weighted by Crippen LogP contribution is 2.32. The zero-order valence-electron chi connectivity index (χ0n) is 10.6. The number of esters is 1. The number of nitrogens with two attached hydrogens (primary N) is 1. The molecule has 1 aromatic carbocycles. The van der Waals surface area contributed by atoms with Crippen molar-refractivity contribution in [3.8, 4) is 11.4 Å². The molecule has 1 aliphatic rings. The molecule has 0 saturated carbocycles. The Kier molecular flexibility index (Phi) is 3.97. The Morgan fingerprint density at radius 2 is 2.19 bits per heavy atom. The molecule has 0 radical (unpaired) electrons. The van der Waals surface area contributed by atoms with Crippen LogP contribution in [0.25, 0.3) is 11.4 Å². The molecule has 1 aromatic heterocycles. The molecule has 1 aliphatic heterocycles. The van der Waals surface area contributed by atoms with Crippen LogP contribution in [0.1, 0.15) is 6.42 Å². The standard InChI is InChI=1S/C12H10Cl2N4O2S/c13-6-1-2-8(14)7(5-6)10-16-17-12(18(10)15)21-9-3-4-20-11(9)19/h1-2,5,9H,3-4,15H2/t9-/m1/s1. The van der Waals surface area contributed by atoms with E-state index in [1.165, 1.54) is 16.4 Å². The molecule has 0 spiro atoms. The summed E-state index contributed by atoms with van der Waals surface area (Å²) in [5.41, 5.74) is 0.583. The number of thioether (sulfide) groups is 1. The van der Waals surface area contributed by atoms with Gasteiger partial charge in [-0.25, -0.2) is 4.68 Å². The topological polar surface area (TPSA) is 83.0 Å². The quantitative estimate of drug-likeness (QED) is 0.679. The molecule has 3 rings (SSSR count). The minimum atomic E-state index is -0.306. The van der Waals surface area contributed by atoms with Crippen LogP contribution in [0.2, 0.25) is 10.0 Å². The summed E-state index contributed by atoms with van der Waals surface area (Å²) in [5.74, 6) is 6.12. The summed E-state index contributed by atoms with van der Waals surface area (Å²) in [7, 11) is 0. The highest BCUT2D eigenvalue weighted by molar-refractivity contribution is 8.00. The van der Waals surface area contributed by atoms with Crippen LogP contribution < -0.4 is 5.84 Å². The zero-order chi connectivity index (χ0) is 15.0. The van der Waals surface area contributed by atoms with E-state index in [0.29, 0.717) is 39.6 Å². The minimum Gasteiger partial charge on any atom is -0.465 e. The molecule has 9 heteroatoms. The Labute approximate surface area is 134 Å². The van der Waals surface area contributed by atoms with Gasteiger partial charge in [0.1, 0.15) is 5.25 Å². The lowest BCUT2D eigenvalue weighted by molar-refractivity contribution is -0.137. The molecule has 0 amide bonds. The van der Waals surface area contributed by atoms with Gasteiger partial charge in [-0.15, -0.1) is 10.2 Å². The molecule has 110 valence electrons. The molecule has 6 nitrogen and oxygen atoms in total. The van der Waals surface area contributed by atoms with Crippen LogP contribution in [0.15, 0.2) is 23.4 Å². The molecule has 0 aliphatic carbocycles. The molecular weight excluding hydrogens is 335 g/mol. The predicted molar refractivity (Wildman–Crippen MR) is 80.8 cm³/mol. The third-order valence-corrected chi connectivity index (χ3v) is 4.74. The fourth-order valence-corrected chi connectivity index (χ4v) is 3.22. The number of hydrogen-bond acceptors (Lipinski definition) is 6. The Morgan fingerprint density at radius 1 is 1.38 bits per heavy atom. The number of carbonyl (C=O) groups is 1. The zero-order valence-corrected chi connectivity index (χ0v) is 13.0. The maximum absolute atomic E-state index is 11.5. The molecule has 2 aromatic rings. The molecular formula is C12H10Cl2N4O2S. The van der Waals surface area contributed by atoms with Crippen LogP contribution >= 0.6 is 35.0 Å². The number of halogens is 2. The molecule has 0 bridgehead atoms. The van der Waals surface area contributed by atoms with Crippen LogP contribution in [0.3, 0.4) is 0 Å². The van der Waals surface area contributed by atoms with E-state index in [1.807, 2.05) is 0 Å². The van der Waals surface area contributed by atoms with Crippen molar-refractivity contribution < 1.29 is 9.53 Å². The van der Waals surface area contributed by atoms with Crippen LogP contribution in [0.4, 0.5) is 0 Å². The first-order valence-electron chi connectivity index (χ1n) is 6.05. The number of nitrogen functional groups attached to an aromatic ring is 1. The average Bonchev–Trinajstić information content (AvgIpc) is 3.01. The lowest BCUT2D eigenvalue weighted by Gasteiger charge is -2.07. The Balaban J connectivity index is 1.92. The fraction of sp³-hybridized carbons (Fsp3) is 0.250. The van der Waals surface area contributed by atoms with E-state index in [0.717, 1.165) is 0 Å². The van der Waals surface area contributed by atoms with Crippen LogP contribution in [0, 0.1) is 0 Å². The van der Waals surface area contributed by atoms with Gasteiger partial charge < -0.3 is 10.6 Å². The van der Waals surface area contributed by atoms with Gasteiger partial charge in [0.2, 0.25) is 5.16 Å². The van der Waals surface area contributed by atoms with Gasteiger partial charge in [0.05, 0.1) is 11.6 Å². The van der Waals surface area contributed by atoms with Crippen molar-refractivity contribution in [2.75, 3.05) is 12.4 Å². The number of nitrogens with zero attached hydrogens (tertiary/aromatic N) is 3. The van der Waals surface area contributed by atoms with Gasteiger partial charge in [-0.1, -0.05) is 35.0 Å². The second kappa shape index (κ2) is 5.75. The van der Waals surface area contributed by atoms with Gasteiger partial charge in [0.25, 0.3) is 0 Å². The molecule has 1 saturated heterocycles. The number of ether oxygens (including phenoxy) is 1. The van der Waals surface area contributed by atoms with Crippen molar-refractivity contribution in [1.82, 2.24) is 14.9 Å². The van der Waals surface area contributed by atoms with Crippen molar-refractivity contribution in [3.63, 3.8) is 0 Å². The molecule has 0 unspecified atom stereocenters. The molecule has 2 heterocycles.